The Morgan fingerprint density at radius 1 is 1.04 bits per heavy atom. The lowest BCUT2D eigenvalue weighted by atomic mass is 10.2. The van der Waals surface area contributed by atoms with Crippen molar-refractivity contribution in [1.29, 1.82) is 0 Å². The average Bonchev–Trinajstić information content (AvgIpc) is 2.61. The normalized spacial score (nSPS) is 11.4. The Bertz CT molecular complexity index is 898. The summed E-state index contributed by atoms with van der Waals surface area (Å²) in [4.78, 5) is 33.2. The number of rotatable bonds is 7. The van der Waals surface area contributed by atoms with Gasteiger partial charge in [0.2, 0.25) is 0 Å². The van der Waals surface area contributed by atoms with Crippen molar-refractivity contribution in [3.8, 4) is 11.5 Å². The van der Waals surface area contributed by atoms with Crippen molar-refractivity contribution in [3.05, 3.63) is 62.2 Å². The molecule has 2 rings (SSSR count). The number of aryl methyl sites for hydroxylation is 1. The minimum Gasteiger partial charge on any atom is -0.496 e. The molecular formula is C17H17N3O7. The average molecular weight is 375 g/mol. The molecule has 0 aliphatic rings. The van der Waals surface area contributed by atoms with Crippen molar-refractivity contribution < 1.29 is 24.1 Å². The minimum atomic E-state index is -0.993. The number of hydrogen-bond donors (Lipinski definition) is 1. The van der Waals surface area contributed by atoms with Crippen LogP contribution < -0.4 is 14.8 Å². The van der Waals surface area contributed by atoms with Gasteiger partial charge in [0.15, 0.2) is 6.10 Å². The number of ether oxygens (including phenoxy) is 2. The highest BCUT2D eigenvalue weighted by atomic mass is 16.6. The number of methoxy groups -OCH3 is 1. The predicted octanol–water partition coefficient (Wildman–Crippen LogP) is 3.23. The number of hydrogen-bond acceptors (Lipinski definition) is 7. The van der Waals surface area contributed by atoms with E-state index < -0.39 is 21.9 Å². The van der Waals surface area contributed by atoms with Gasteiger partial charge in [-0.3, -0.25) is 25.0 Å². The number of nitrogens with zero attached hydrogens (tertiary/aromatic N) is 2. The zero-order valence-corrected chi connectivity index (χ0v) is 14.8. The fourth-order valence-electron chi connectivity index (χ4n) is 2.29. The molecule has 0 radical (unpaired) electrons. The first kappa shape index (κ1) is 19.6. The monoisotopic (exact) mass is 375 g/mol. The molecule has 0 saturated heterocycles. The molecule has 0 unspecified atom stereocenters. The first-order valence-electron chi connectivity index (χ1n) is 7.78. The van der Waals surface area contributed by atoms with Crippen molar-refractivity contribution in [3.63, 3.8) is 0 Å². The van der Waals surface area contributed by atoms with Crippen molar-refractivity contribution in [1.82, 2.24) is 0 Å². The maximum atomic E-state index is 12.3. The molecule has 1 amide bonds. The Labute approximate surface area is 154 Å². The number of carbonyl (C=O) groups excluding carboxylic acids is 1. The van der Waals surface area contributed by atoms with Crippen molar-refractivity contribution in [2.24, 2.45) is 0 Å². The van der Waals surface area contributed by atoms with Gasteiger partial charge in [0, 0.05) is 11.6 Å². The van der Waals surface area contributed by atoms with Gasteiger partial charge in [-0.2, -0.15) is 0 Å². The van der Waals surface area contributed by atoms with Crippen LogP contribution in [0.5, 0.6) is 11.5 Å². The second-order valence-electron chi connectivity index (χ2n) is 5.59. The standard InChI is InChI=1S/C17H17N3O7/c1-10-8-13(5-7-15(10)19(22)23)27-11(2)17(21)18-14-6-4-12(26-3)9-16(14)20(24)25/h4-9,11H,1-3H3,(H,18,21)/t11-/m1/s1. The van der Waals surface area contributed by atoms with Crippen molar-refractivity contribution in [2.75, 3.05) is 12.4 Å². The van der Waals surface area contributed by atoms with E-state index in [1.165, 1.54) is 50.4 Å². The Hall–Kier alpha value is -3.69. The van der Waals surface area contributed by atoms with Crippen LogP contribution in [0.1, 0.15) is 12.5 Å². The van der Waals surface area contributed by atoms with Crippen molar-refractivity contribution in [2.45, 2.75) is 20.0 Å². The van der Waals surface area contributed by atoms with Gasteiger partial charge in [0.05, 0.1) is 23.0 Å². The largest absolute Gasteiger partial charge is 0.496 e. The molecule has 2 aromatic rings. The maximum Gasteiger partial charge on any atom is 0.296 e. The molecule has 0 heterocycles. The molecule has 0 aliphatic carbocycles. The third-order valence-electron chi connectivity index (χ3n) is 3.71. The predicted molar refractivity (Wildman–Crippen MR) is 96.2 cm³/mol. The summed E-state index contributed by atoms with van der Waals surface area (Å²) in [6.45, 7) is 3.01. The number of carbonyl (C=O) groups is 1. The first-order valence-corrected chi connectivity index (χ1v) is 7.78. The van der Waals surface area contributed by atoms with Crippen molar-refractivity contribution >= 4 is 23.0 Å². The second kappa shape index (κ2) is 8.13. The third-order valence-corrected chi connectivity index (χ3v) is 3.71. The molecular weight excluding hydrogens is 358 g/mol. The van der Waals surface area contributed by atoms with E-state index in [1.807, 2.05) is 0 Å². The van der Waals surface area contributed by atoms with Gasteiger partial charge < -0.3 is 14.8 Å². The lowest BCUT2D eigenvalue weighted by molar-refractivity contribution is -0.385. The summed E-state index contributed by atoms with van der Waals surface area (Å²) in [5.41, 5.74) is 0.00595. The van der Waals surface area contributed by atoms with Gasteiger partial charge in [0.1, 0.15) is 17.2 Å². The maximum absolute atomic E-state index is 12.3. The molecule has 0 bridgehead atoms. The summed E-state index contributed by atoms with van der Waals surface area (Å²) in [5.74, 6) is -0.0606. The molecule has 1 atom stereocenters. The lowest BCUT2D eigenvalue weighted by Gasteiger charge is -2.15. The molecule has 1 N–H and O–H groups in total. The summed E-state index contributed by atoms with van der Waals surface area (Å²) >= 11 is 0. The van der Waals surface area contributed by atoms with Crippen LogP contribution in [0.3, 0.4) is 0 Å². The van der Waals surface area contributed by atoms with E-state index in [1.54, 1.807) is 6.92 Å². The van der Waals surface area contributed by atoms with E-state index in [0.717, 1.165) is 0 Å². The summed E-state index contributed by atoms with van der Waals surface area (Å²) in [5, 5.41) is 24.4. The van der Waals surface area contributed by atoms with Crippen LogP contribution in [-0.4, -0.2) is 29.0 Å². The summed E-state index contributed by atoms with van der Waals surface area (Å²) in [7, 11) is 1.37. The summed E-state index contributed by atoms with van der Waals surface area (Å²) in [6.07, 6.45) is -0.993. The van der Waals surface area contributed by atoms with Gasteiger partial charge >= 0.3 is 0 Å². The Morgan fingerprint density at radius 3 is 2.22 bits per heavy atom. The highest BCUT2D eigenvalue weighted by molar-refractivity contribution is 5.96. The van der Waals surface area contributed by atoms with Gasteiger partial charge in [0.25, 0.3) is 17.3 Å². The van der Waals surface area contributed by atoms with Crippen LogP contribution in [-0.2, 0) is 4.79 Å². The first-order chi connectivity index (χ1) is 12.7. The molecule has 0 fully saturated rings. The van der Waals surface area contributed by atoms with Crippen LogP contribution in [0.15, 0.2) is 36.4 Å². The second-order valence-corrected chi connectivity index (χ2v) is 5.59. The highest BCUT2D eigenvalue weighted by Crippen LogP contribution is 2.29. The number of nitrogens with one attached hydrogen (secondary N) is 1. The topological polar surface area (TPSA) is 134 Å². The van der Waals surface area contributed by atoms with Crippen LogP contribution in [0.2, 0.25) is 0 Å². The fraction of sp³-hybridized carbons (Fsp3) is 0.235. The lowest BCUT2D eigenvalue weighted by Crippen LogP contribution is -2.30. The molecule has 2 aromatic carbocycles. The zero-order chi connectivity index (χ0) is 20.1. The summed E-state index contributed by atoms with van der Waals surface area (Å²) < 4.78 is 10.4. The Balaban J connectivity index is 2.13. The zero-order valence-electron chi connectivity index (χ0n) is 14.8. The number of nitro groups is 2. The van der Waals surface area contributed by atoms with E-state index in [9.17, 15) is 25.0 Å². The van der Waals surface area contributed by atoms with Crippen LogP contribution >= 0.6 is 0 Å². The number of benzene rings is 2. The van der Waals surface area contributed by atoms with Crippen LogP contribution in [0, 0.1) is 27.2 Å². The Morgan fingerprint density at radius 2 is 1.67 bits per heavy atom. The van der Waals surface area contributed by atoms with E-state index >= 15 is 0 Å². The molecule has 0 aliphatic heterocycles. The number of anilines is 1. The van der Waals surface area contributed by atoms with Crippen LogP contribution in [0.25, 0.3) is 0 Å². The van der Waals surface area contributed by atoms with E-state index in [0.29, 0.717) is 5.56 Å². The van der Waals surface area contributed by atoms with Gasteiger partial charge in [-0.1, -0.05) is 0 Å². The fourth-order valence-corrected chi connectivity index (χ4v) is 2.29. The van der Waals surface area contributed by atoms with Gasteiger partial charge in [-0.15, -0.1) is 0 Å². The van der Waals surface area contributed by atoms with E-state index in [-0.39, 0.29) is 28.6 Å². The van der Waals surface area contributed by atoms with E-state index in [4.69, 9.17) is 9.47 Å². The molecule has 10 nitrogen and oxygen atoms in total. The molecule has 0 saturated carbocycles. The minimum absolute atomic E-state index is 0.00105. The number of amides is 1. The number of nitro benzene ring substituents is 2. The van der Waals surface area contributed by atoms with E-state index in [2.05, 4.69) is 5.32 Å². The third kappa shape index (κ3) is 4.69. The van der Waals surface area contributed by atoms with Gasteiger partial charge in [-0.05, 0) is 38.1 Å². The Kier molecular flexibility index (Phi) is 5.91. The quantitative estimate of drug-likeness (QED) is 0.580. The molecule has 10 heteroatoms. The molecule has 0 aromatic heterocycles. The SMILES string of the molecule is COc1ccc(NC(=O)[C@@H](C)Oc2ccc([N+](=O)[O-])c(C)c2)c([N+](=O)[O-])c1. The summed E-state index contributed by atoms with van der Waals surface area (Å²) in [6, 6.07) is 8.14. The molecule has 142 valence electrons. The highest BCUT2D eigenvalue weighted by Gasteiger charge is 2.22. The molecule has 27 heavy (non-hydrogen) atoms. The smallest absolute Gasteiger partial charge is 0.296 e. The van der Waals surface area contributed by atoms with Crippen LogP contribution in [0.4, 0.5) is 17.1 Å². The molecule has 0 spiro atoms. The van der Waals surface area contributed by atoms with Gasteiger partial charge in [-0.25, -0.2) is 0 Å².